The second-order valence-electron chi connectivity index (χ2n) is 4.88. The molecule has 1 unspecified atom stereocenters. The zero-order valence-corrected chi connectivity index (χ0v) is 11.3. The van der Waals surface area contributed by atoms with Gasteiger partial charge in [0.15, 0.2) is 0 Å². The van der Waals surface area contributed by atoms with E-state index in [2.05, 4.69) is 5.16 Å². The molecular weight excluding hydrogens is 274 g/mol. The Kier molecular flexibility index (Phi) is 3.57. The number of carbonyl (C=O) groups is 2. The third-order valence-corrected chi connectivity index (χ3v) is 3.48. The molecule has 7 nitrogen and oxygen atoms in total. The van der Waals surface area contributed by atoms with Crippen LogP contribution in [-0.2, 0) is 19.2 Å². The minimum absolute atomic E-state index is 0.0515. The Bertz CT molecular complexity index is 597. The number of amides is 2. The largest absolute Gasteiger partial charge is 0.382 e. The van der Waals surface area contributed by atoms with Gasteiger partial charge in [0.05, 0.1) is 12.3 Å². The van der Waals surface area contributed by atoms with Crippen LogP contribution >= 0.6 is 0 Å². The maximum atomic E-state index is 11.8. The number of primary amides is 1. The number of nitrogens with zero attached hydrogens (tertiary/aromatic N) is 2. The second-order valence-corrected chi connectivity index (χ2v) is 4.88. The van der Waals surface area contributed by atoms with Gasteiger partial charge in [-0.3, -0.25) is 9.59 Å². The lowest BCUT2D eigenvalue weighted by Crippen LogP contribution is -2.41. The van der Waals surface area contributed by atoms with E-state index in [0.717, 1.165) is 11.3 Å². The summed E-state index contributed by atoms with van der Waals surface area (Å²) in [6.45, 7) is 1.20. The van der Waals surface area contributed by atoms with E-state index < -0.39 is 12.0 Å². The molecule has 2 heterocycles. The Labute approximate surface area is 121 Å². The van der Waals surface area contributed by atoms with Crippen molar-refractivity contribution in [3.63, 3.8) is 0 Å². The summed E-state index contributed by atoms with van der Waals surface area (Å²) in [7, 11) is 0. The van der Waals surface area contributed by atoms with Gasteiger partial charge in [-0.15, -0.1) is 0 Å². The molecule has 1 saturated heterocycles. The van der Waals surface area contributed by atoms with Crippen molar-refractivity contribution in [2.24, 2.45) is 10.9 Å². The first-order valence-electron chi connectivity index (χ1n) is 6.65. The molecule has 1 fully saturated rings. The van der Waals surface area contributed by atoms with E-state index in [9.17, 15) is 9.59 Å². The van der Waals surface area contributed by atoms with E-state index in [1.165, 1.54) is 0 Å². The van der Waals surface area contributed by atoms with E-state index in [-0.39, 0.29) is 12.5 Å². The van der Waals surface area contributed by atoms with Gasteiger partial charge in [-0.2, -0.15) is 0 Å². The van der Waals surface area contributed by atoms with Crippen molar-refractivity contribution in [2.45, 2.75) is 12.5 Å². The Morgan fingerprint density at radius 3 is 2.71 bits per heavy atom. The van der Waals surface area contributed by atoms with Gasteiger partial charge in [0.2, 0.25) is 6.10 Å². The number of ether oxygens (including phenoxy) is 1. The van der Waals surface area contributed by atoms with Crippen LogP contribution in [0.5, 0.6) is 0 Å². The lowest BCUT2D eigenvalue weighted by atomic mass is 10.0. The lowest BCUT2D eigenvalue weighted by Gasteiger charge is -2.26. The molecule has 0 radical (unpaired) electrons. The second kappa shape index (κ2) is 5.53. The number of carbonyl (C=O) groups excluding carboxylic acids is 2. The van der Waals surface area contributed by atoms with Gasteiger partial charge in [0.25, 0.3) is 11.8 Å². The molecule has 1 aromatic rings. The highest BCUT2D eigenvalue weighted by atomic mass is 16.6. The SMILES string of the molecule is NC(=O)C1CC(c2ccc(N3CCOCC3=O)cc2)=NO1. The molecule has 110 valence electrons. The number of morpholine rings is 1. The van der Waals surface area contributed by atoms with E-state index in [0.29, 0.717) is 25.3 Å². The van der Waals surface area contributed by atoms with Crippen molar-refractivity contribution in [3.05, 3.63) is 29.8 Å². The average molecular weight is 289 g/mol. The molecule has 3 rings (SSSR count). The number of hydrogen-bond acceptors (Lipinski definition) is 5. The molecule has 0 aliphatic carbocycles. The topological polar surface area (TPSA) is 94.2 Å². The summed E-state index contributed by atoms with van der Waals surface area (Å²) < 4.78 is 5.10. The summed E-state index contributed by atoms with van der Waals surface area (Å²) in [4.78, 5) is 29.5. The van der Waals surface area contributed by atoms with E-state index in [1.807, 2.05) is 24.3 Å². The first kappa shape index (κ1) is 13.6. The van der Waals surface area contributed by atoms with Crippen LogP contribution in [0.25, 0.3) is 0 Å². The van der Waals surface area contributed by atoms with Gasteiger partial charge >= 0.3 is 0 Å². The molecule has 0 spiro atoms. The van der Waals surface area contributed by atoms with E-state index in [1.54, 1.807) is 4.90 Å². The van der Waals surface area contributed by atoms with Gasteiger partial charge in [-0.05, 0) is 17.7 Å². The third kappa shape index (κ3) is 2.73. The Balaban J connectivity index is 1.73. The predicted octanol–water partition coefficient (Wildman–Crippen LogP) is 0.0281. The van der Waals surface area contributed by atoms with Gasteiger partial charge in [-0.25, -0.2) is 0 Å². The monoisotopic (exact) mass is 289 g/mol. The molecule has 2 N–H and O–H groups in total. The summed E-state index contributed by atoms with van der Waals surface area (Å²) in [5, 5.41) is 3.88. The number of nitrogens with two attached hydrogens (primary N) is 1. The summed E-state index contributed by atoms with van der Waals surface area (Å²) in [6.07, 6.45) is -0.328. The van der Waals surface area contributed by atoms with Crippen molar-refractivity contribution in [3.8, 4) is 0 Å². The lowest BCUT2D eigenvalue weighted by molar-refractivity contribution is -0.128. The van der Waals surface area contributed by atoms with Crippen LogP contribution in [0.1, 0.15) is 12.0 Å². The maximum absolute atomic E-state index is 11.8. The first-order valence-corrected chi connectivity index (χ1v) is 6.65. The van der Waals surface area contributed by atoms with Crippen LogP contribution in [0.2, 0.25) is 0 Å². The summed E-state index contributed by atoms with van der Waals surface area (Å²) in [5.41, 5.74) is 7.53. The van der Waals surface area contributed by atoms with Crippen LogP contribution in [0.4, 0.5) is 5.69 Å². The molecule has 2 aliphatic rings. The third-order valence-electron chi connectivity index (χ3n) is 3.48. The number of benzene rings is 1. The van der Waals surface area contributed by atoms with Crippen molar-refractivity contribution in [1.82, 2.24) is 0 Å². The normalized spacial score (nSPS) is 21.9. The smallest absolute Gasteiger partial charge is 0.261 e. The molecule has 2 amide bonds. The number of hydrogen-bond donors (Lipinski definition) is 1. The maximum Gasteiger partial charge on any atom is 0.261 e. The van der Waals surface area contributed by atoms with Crippen LogP contribution in [0, 0.1) is 0 Å². The number of anilines is 1. The zero-order chi connectivity index (χ0) is 14.8. The fourth-order valence-electron chi connectivity index (χ4n) is 2.33. The molecule has 7 heteroatoms. The Morgan fingerprint density at radius 1 is 1.33 bits per heavy atom. The highest BCUT2D eigenvalue weighted by Crippen LogP contribution is 2.21. The zero-order valence-electron chi connectivity index (χ0n) is 11.3. The quantitative estimate of drug-likeness (QED) is 0.849. The van der Waals surface area contributed by atoms with Gasteiger partial charge in [-0.1, -0.05) is 17.3 Å². The summed E-state index contributed by atoms with van der Waals surface area (Å²) >= 11 is 0. The fraction of sp³-hybridized carbons (Fsp3) is 0.357. The molecule has 0 aromatic heterocycles. The van der Waals surface area contributed by atoms with Gasteiger partial charge in [0, 0.05) is 18.7 Å². The van der Waals surface area contributed by atoms with E-state index in [4.69, 9.17) is 15.3 Å². The first-order chi connectivity index (χ1) is 10.1. The van der Waals surface area contributed by atoms with Gasteiger partial charge < -0.3 is 20.2 Å². The number of oxime groups is 1. The molecule has 1 aromatic carbocycles. The molecule has 2 aliphatic heterocycles. The minimum Gasteiger partial charge on any atom is -0.382 e. The van der Waals surface area contributed by atoms with Crippen molar-refractivity contribution in [2.75, 3.05) is 24.7 Å². The highest BCUT2D eigenvalue weighted by Gasteiger charge is 2.27. The molecule has 1 atom stereocenters. The molecule has 0 bridgehead atoms. The molecule has 21 heavy (non-hydrogen) atoms. The average Bonchev–Trinajstić information content (AvgIpc) is 2.98. The van der Waals surface area contributed by atoms with Crippen LogP contribution in [0.3, 0.4) is 0 Å². The number of rotatable bonds is 3. The van der Waals surface area contributed by atoms with Crippen molar-refractivity contribution < 1.29 is 19.2 Å². The standard InChI is InChI=1S/C14H15N3O4/c15-14(19)12-7-11(16-21-12)9-1-3-10(4-2-9)17-5-6-20-8-13(17)18/h1-4,12H,5-8H2,(H2,15,19). The minimum atomic E-state index is -0.694. The predicted molar refractivity (Wildman–Crippen MR) is 74.8 cm³/mol. The van der Waals surface area contributed by atoms with Crippen LogP contribution < -0.4 is 10.6 Å². The summed E-state index contributed by atoms with van der Waals surface area (Å²) in [6, 6.07) is 7.39. The Morgan fingerprint density at radius 2 is 2.10 bits per heavy atom. The van der Waals surface area contributed by atoms with Crippen LogP contribution in [-0.4, -0.2) is 43.4 Å². The van der Waals surface area contributed by atoms with E-state index >= 15 is 0 Å². The molecular formula is C14H15N3O4. The molecule has 0 saturated carbocycles. The van der Waals surface area contributed by atoms with Crippen molar-refractivity contribution >= 4 is 23.2 Å². The summed E-state index contributed by atoms with van der Waals surface area (Å²) in [5.74, 6) is -0.575. The fourth-order valence-corrected chi connectivity index (χ4v) is 2.33. The van der Waals surface area contributed by atoms with Crippen LogP contribution in [0.15, 0.2) is 29.4 Å². The highest BCUT2D eigenvalue weighted by molar-refractivity contribution is 6.04. The Hall–Kier alpha value is -2.41. The van der Waals surface area contributed by atoms with Crippen molar-refractivity contribution in [1.29, 1.82) is 0 Å². The van der Waals surface area contributed by atoms with Gasteiger partial charge in [0.1, 0.15) is 6.61 Å².